The third-order valence-corrected chi connectivity index (χ3v) is 6.86. The van der Waals surface area contributed by atoms with E-state index in [0.29, 0.717) is 21.8 Å². The van der Waals surface area contributed by atoms with Crippen molar-refractivity contribution >= 4 is 40.5 Å². The zero-order valence-electron chi connectivity index (χ0n) is 21.5. The highest BCUT2D eigenvalue weighted by Crippen LogP contribution is 2.31. The van der Waals surface area contributed by atoms with Gasteiger partial charge in [0.25, 0.3) is 11.8 Å². The number of hydrogen-bond acceptors (Lipinski definition) is 5. The molecule has 2 N–H and O–H groups in total. The van der Waals surface area contributed by atoms with Crippen LogP contribution in [0.25, 0.3) is 0 Å². The lowest BCUT2D eigenvalue weighted by Crippen LogP contribution is -2.47. The van der Waals surface area contributed by atoms with Crippen LogP contribution in [0.2, 0.25) is 5.02 Å². The Balaban J connectivity index is 1.56. The highest BCUT2D eigenvalue weighted by Gasteiger charge is 2.24. The summed E-state index contributed by atoms with van der Waals surface area (Å²) in [7, 11) is 1.68. The zero-order valence-corrected chi connectivity index (χ0v) is 22.2. The number of para-hydroxylation sites is 2. The zero-order chi connectivity index (χ0) is 26.4. The van der Waals surface area contributed by atoms with Crippen molar-refractivity contribution in [2.45, 2.75) is 26.3 Å². The number of carbonyl (C=O) groups is 2. The monoisotopic (exact) mass is 520 g/mol. The first-order chi connectivity index (χ1) is 17.9. The number of nitrogens with zero attached hydrogens (tertiary/aromatic N) is 2. The van der Waals surface area contributed by atoms with Gasteiger partial charge in [0, 0.05) is 54.2 Å². The molecule has 37 heavy (non-hydrogen) atoms. The first-order valence-corrected chi connectivity index (χ1v) is 12.9. The molecule has 0 radical (unpaired) electrons. The number of piperazine rings is 1. The maximum Gasteiger partial charge on any atom is 0.255 e. The van der Waals surface area contributed by atoms with Crippen molar-refractivity contribution in [1.82, 2.24) is 5.32 Å². The number of carbonyl (C=O) groups excluding carboxylic acids is 2. The molecule has 0 aromatic heterocycles. The van der Waals surface area contributed by atoms with E-state index in [2.05, 4.69) is 26.5 Å². The number of rotatable bonds is 8. The molecule has 0 saturated carbocycles. The molecular weight excluding hydrogens is 488 g/mol. The summed E-state index contributed by atoms with van der Waals surface area (Å²) in [5.41, 5.74) is 3.46. The second-order valence-corrected chi connectivity index (χ2v) is 9.56. The average molecular weight is 521 g/mol. The van der Waals surface area contributed by atoms with Gasteiger partial charge in [-0.2, -0.15) is 0 Å². The summed E-state index contributed by atoms with van der Waals surface area (Å²) >= 11 is 6.05. The molecule has 1 saturated heterocycles. The van der Waals surface area contributed by atoms with Crippen LogP contribution in [0.1, 0.15) is 41.0 Å². The van der Waals surface area contributed by atoms with Gasteiger partial charge in [-0.25, -0.2) is 0 Å². The minimum absolute atomic E-state index is 0.0347. The molecule has 3 aromatic carbocycles. The summed E-state index contributed by atoms with van der Waals surface area (Å²) < 4.78 is 5.54. The van der Waals surface area contributed by atoms with Gasteiger partial charge in [-0.3, -0.25) is 9.59 Å². The Morgan fingerprint density at radius 3 is 2.30 bits per heavy atom. The second-order valence-electron chi connectivity index (χ2n) is 9.13. The molecule has 1 heterocycles. The van der Waals surface area contributed by atoms with Crippen LogP contribution in [0, 0.1) is 0 Å². The van der Waals surface area contributed by atoms with Crippen LogP contribution >= 0.6 is 11.6 Å². The molecule has 0 spiro atoms. The number of anilines is 3. The van der Waals surface area contributed by atoms with E-state index in [9.17, 15) is 9.59 Å². The van der Waals surface area contributed by atoms with Crippen molar-refractivity contribution in [3.8, 4) is 5.75 Å². The number of nitrogens with one attached hydrogen (secondary N) is 2. The van der Waals surface area contributed by atoms with Gasteiger partial charge in [-0.05, 0) is 61.9 Å². The number of halogens is 1. The topological polar surface area (TPSA) is 73.9 Å². The normalized spacial score (nSPS) is 14.2. The van der Waals surface area contributed by atoms with E-state index in [-0.39, 0.29) is 17.9 Å². The van der Waals surface area contributed by atoms with E-state index in [4.69, 9.17) is 16.3 Å². The molecule has 3 aromatic rings. The summed E-state index contributed by atoms with van der Waals surface area (Å²) in [6.45, 7) is 7.09. The van der Waals surface area contributed by atoms with Gasteiger partial charge in [0.1, 0.15) is 5.75 Å². The lowest BCUT2D eigenvalue weighted by Gasteiger charge is -2.38. The molecule has 7 nitrogen and oxygen atoms in total. The number of hydrogen-bond donors (Lipinski definition) is 2. The third kappa shape index (κ3) is 6.35. The Bertz CT molecular complexity index is 1260. The fourth-order valence-electron chi connectivity index (χ4n) is 4.39. The summed E-state index contributed by atoms with van der Waals surface area (Å²) in [6.07, 6.45) is 0.823. The lowest BCUT2D eigenvalue weighted by molar-refractivity contribution is 0.0938. The van der Waals surface area contributed by atoms with Gasteiger partial charge in [-0.15, -0.1) is 0 Å². The lowest BCUT2D eigenvalue weighted by atomic mass is 10.1. The van der Waals surface area contributed by atoms with Crippen molar-refractivity contribution in [1.29, 1.82) is 0 Å². The van der Waals surface area contributed by atoms with Gasteiger partial charge < -0.3 is 25.2 Å². The Labute approximate surface area is 223 Å². The van der Waals surface area contributed by atoms with Crippen LogP contribution < -0.4 is 25.2 Å². The Morgan fingerprint density at radius 1 is 0.919 bits per heavy atom. The van der Waals surface area contributed by atoms with Crippen LogP contribution in [0.3, 0.4) is 0 Å². The molecule has 1 fully saturated rings. The highest BCUT2D eigenvalue weighted by molar-refractivity contribution is 6.31. The maximum absolute atomic E-state index is 13.3. The molecule has 8 heteroatoms. The Morgan fingerprint density at radius 2 is 1.62 bits per heavy atom. The average Bonchev–Trinajstić information content (AvgIpc) is 2.93. The molecule has 1 atom stereocenters. The summed E-state index contributed by atoms with van der Waals surface area (Å²) in [4.78, 5) is 30.6. The second kappa shape index (κ2) is 12.0. The standard InChI is InChI=1S/C29H33ClN4O3/c1-4-20(2)31-29(36)24-19-23(32-28(35)21-8-7-9-22(30)18-21)12-13-25(24)33-14-16-34(17-15-33)26-10-5-6-11-27(26)37-3/h5-13,18-20H,4,14-17H2,1-3H3,(H,31,36)(H,32,35). The Kier molecular flexibility index (Phi) is 8.56. The van der Waals surface area contributed by atoms with Crippen molar-refractivity contribution < 1.29 is 14.3 Å². The fraction of sp³-hybridized carbons (Fsp3) is 0.310. The molecule has 2 amide bonds. The van der Waals surface area contributed by atoms with E-state index < -0.39 is 0 Å². The molecule has 1 aliphatic heterocycles. The number of amides is 2. The molecular formula is C29H33ClN4O3. The van der Waals surface area contributed by atoms with Crippen molar-refractivity contribution in [3.05, 3.63) is 82.9 Å². The minimum Gasteiger partial charge on any atom is -0.495 e. The van der Waals surface area contributed by atoms with Gasteiger partial charge in [0.2, 0.25) is 0 Å². The number of methoxy groups -OCH3 is 1. The summed E-state index contributed by atoms with van der Waals surface area (Å²) in [5.74, 6) is 0.411. The third-order valence-electron chi connectivity index (χ3n) is 6.62. The van der Waals surface area contributed by atoms with Crippen molar-refractivity contribution in [2.24, 2.45) is 0 Å². The van der Waals surface area contributed by atoms with Gasteiger partial charge in [0.05, 0.1) is 18.4 Å². The van der Waals surface area contributed by atoms with E-state index in [1.165, 1.54) is 0 Å². The van der Waals surface area contributed by atoms with E-state index in [1.807, 2.05) is 44.2 Å². The highest BCUT2D eigenvalue weighted by atomic mass is 35.5. The van der Waals surface area contributed by atoms with Crippen LogP contribution in [0.4, 0.5) is 17.1 Å². The molecule has 1 unspecified atom stereocenters. The van der Waals surface area contributed by atoms with Crippen molar-refractivity contribution in [2.75, 3.05) is 48.4 Å². The SMILES string of the molecule is CCC(C)NC(=O)c1cc(NC(=O)c2cccc(Cl)c2)ccc1N1CCN(c2ccccc2OC)CC1. The Hall–Kier alpha value is -3.71. The maximum atomic E-state index is 13.3. The van der Waals surface area contributed by atoms with E-state index >= 15 is 0 Å². The van der Waals surface area contributed by atoms with Crippen LogP contribution in [-0.4, -0.2) is 51.1 Å². The van der Waals surface area contributed by atoms with E-state index in [0.717, 1.165) is 49.7 Å². The molecule has 0 bridgehead atoms. The van der Waals surface area contributed by atoms with Gasteiger partial charge in [0.15, 0.2) is 0 Å². The van der Waals surface area contributed by atoms with Crippen molar-refractivity contribution in [3.63, 3.8) is 0 Å². The number of ether oxygens (including phenoxy) is 1. The molecule has 194 valence electrons. The predicted molar refractivity (Wildman–Crippen MR) is 150 cm³/mol. The number of benzene rings is 3. The smallest absolute Gasteiger partial charge is 0.255 e. The molecule has 1 aliphatic rings. The molecule has 4 rings (SSSR count). The fourth-order valence-corrected chi connectivity index (χ4v) is 4.58. The van der Waals surface area contributed by atoms with Gasteiger partial charge >= 0.3 is 0 Å². The van der Waals surface area contributed by atoms with Crippen LogP contribution in [0.15, 0.2) is 66.7 Å². The summed E-state index contributed by atoms with van der Waals surface area (Å²) in [5, 5.41) is 6.46. The first-order valence-electron chi connectivity index (χ1n) is 12.5. The molecule has 0 aliphatic carbocycles. The quantitative estimate of drug-likeness (QED) is 0.413. The van der Waals surface area contributed by atoms with Gasteiger partial charge in [-0.1, -0.05) is 36.7 Å². The largest absolute Gasteiger partial charge is 0.495 e. The predicted octanol–water partition coefficient (Wildman–Crippen LogP) is 5.46. The first kappa shape index (κ1) is 26.4. The minimum atomic E-state index is -0.283. The van der Waals surface area contributed by atoms with E-state index in [1.54, 1.807) is 37.4 Å². The summed E-state index contributed by atoms with van der Waals surface area (Å²) in [6, 6.07) is 20.3. The van der Waals surface area contributed by atoms with Crippen LogP contribution in [0.5, 0.6) is 5.75 Å². The van der Waals surface area contributed by atoms with Crippen LogP contribution in [-0.2, 0) is 0 Å².